The number of anilines is 1. The van der Waals surface area contributed by atoms with Crippen molar-refractivity contribution < 1.29 is 45.4 Å². The van der Waals surface area contributed by atoms with E-state index in [2.05, 4.69) is 5.32 Å². The normalized spacial score (nSPS) is 14.2. The Morgan fingerprint density at radius 1 is 0.905 bits per heavy atom. The second-order valence-corrected chi connectivity index (χ2v) is 10.1. The number of ether oxygens (including phenoxy) is 2. The molecule has 0 saturated carbocycles. The Balaban J connectivity index is 1.58. The molecule has 1 saturated heterocycles. The highest BCUT2D eigenvalue weighted by atomic mass is 32.2. The summed E-state index contributed by atoms with van der Waals surface area (Å²) in [5, 5.41) is 2.45. The van der Waals surface area contributed by atoms with Gasteiger partial charge in [0.05, 0.1) is 24.3 Å². The first kappa shape index (κ1) is 31.0. The van der Waals surface area contributed by atoms with Crippen LogP contribution in [0.3, 0.4) is 0 Å². The molecular formula is C29H24F6N2O4S. The number of hydrogen-bond donors (Lipinski definition) is 1. The van der Waals surface area contributed by atoms with Gasteiger partial charge < -0.3 is 14.4 Å². The maximum atomic E-state index is 14.2. The van der Waals surface area contributed by atoms with Gasteiger partial charge in [0, 0.05) is 34.6 Å². The molecule has 0 unspecified atom stereocenters. The Hall–Kier alpha value is -3.97. The van der Waals surface area contributed by atoms with Gasteiger partial charge in [-0.3, -0.25) is 10.1 Å². The predicted molar refractivity (Wildman–Crippen MR) is 144 cm³/mol. The molecule has 4 rings (SSSR count). The molecule has 13 heteroatoms. The van der Waals surface area contributed by atoms with Gasteiger partial charge in [0.2, 0.25) is 5.91 Å². The van der Waals surface area contributed by atoms with E-state index in [4.69, 9.17) is 9.47 Å². The summed E-state index contributed by atoms with van der Waals surface area (Å²) in [6.45, 7) is 0.927. The van der Waals surface area contributed by atoms with Crippen LogP contribution in [0.2, 0.25) is 0 Å². The van der Waals surface area contributed by atoms with Crippen LogP contribution in [0.5, 0.6) is 0 Å². The quantitative estimate of drug-likeness (QED) is 0.222. The zero-order valence-electron chi connectivity index (χ0n) is 21.8. The van der Waals surface area contributed by atoms with E-state index < -0.39 is 45.9 Å². The molecule has 222 valence electrons. The Kier molecular flexibility index (Phi) is 9.84. The number of morpholine rings is 1. The number of rotatable bonds is 7. The SMILES string of the molecule is O=C(Nc1cccc(Sc2ccc(C=CC(=O)N3CCOCC3)c(C(F)(F)F)c2C(F)(F)F)c1)OCc1ccccc1. The Morgan fingerprint density at radius 2 is 1.60 bits per heavy atom. The van der Waals surface area contributed by atoms with Gasteiger partial charge in [0.15, 0.2) is 0 Å². The Morgan fingerprint density at radius 3 is 2.26 bits per heavy atom. The second kappa shape index (κ2) is 13.3. The van der Waals surface area contributed by atoms with Crippen LogP contribution >= 0.6 is 11.8 Å². The molecule has 6 nitrogen and oxygen atoms in total. The van der Waals surface area contributed by atoms with E-state index in [1.165, 1.54) is 29.2 Å². The van der Waals surface area contributed by atoms with Crippen LogP contribution in [0.1, 0.15) is 22.3 Å². The molecular weight excluding hydrogens is 586 g/mol. The third-order valence-corrected chi connectivity index (χ3v) is 7.07. The minimum absolute atomic E-state index is 0.0187. The van der Waals surface area contributed by atoms with Crippen LogP contribution in [-0.4, -0.2) is 43.2 Å². The number of nitrogens with zero attached hydrogens (tertiary/aromatic N) is 1. The van der Waals surface area contributed by atoms with E-state index in [0.717, 1.165) is 29.8 Å². The summed E-state index contributed by atoms with van der Waals surface area (Å²) in [7, 11) is 0. The lowest BCUT2D eigenvalue weighted by molar-refractivity contribution is -0.163. The standard InChI is InChI=1S/C29H24F6N2O4S/c30-28(31,32)25-20(10-12-24(38)37-13-15-40-16-14-37)9-11-23(26(25)29(33,34)35)42-22-8-4-7-21(17-22)36-27(39)41-18-19-5-2-1-3-6-19/h1-12,17H,13-16,18H2,(H,36,39). The maximum absolute atomic E-state index is 14.2. The number of amides is 2. The number of hydrogen-bond acceptors (Lipinski definition) is 5. The molecule has 3 aromatic carbocycles. The van der Waals surface area contributed by atoms with Gasteiger partial charge in [-0.15, -0.1) is 0 Å². The first-order valence-corrected chi connectivity index (χ1v) is 13.4. The van der Waals surface area contributed by atoms with Crippen LogP contribution in [-0.2, 0) is 33.2 Å². The van der Waals surface area contributed by atoms with Crippen LogP contribution in [0.15, 0.2) is 82.6 Å². The lowest BCUT2D eigenvalue weighted by Gasteiger charge is -2.25. The molecule has 0 spiro atoms. The first-order valence-electron chi connectivity index (χ1n) is 12.5. The summed E-state index contributed by atoms with van der Waals surface area (Å²) in [5.74, 6) is -0.634. The molecule has 0 aromatic heterocycles. The monoisotopic (exact) mass is 610 g/mol. The predicted octanol–water partition coefficient (Wildman–Crippen LogP) is 7.50. The molecule has 0 radical (unpaired) electrons. The zero-order chi connectivity index (χ0) is 30.3. The van der Waals surface area contributed by atoms with Crippen LogP contribution in [0, 0.1) is 0 Å². The van der Waals surface area contributed by atoms with Gasteiger partial charge in [-0.05, 0) is 41.5 Å². The molecule has 1 aliphatic rings. The number of benzene rings is 3. The van der Waals surface area contributed by atoms with Crippen LogP contribution in [0.25, 0.3) is 6.08 Å². The van der Waals surface area contributed by atoms with E-state index in [-0.39, 0.29) is 43.5 Å². The molecule has 1 aliphatic heterocycles. The van der Waals surface area contributed by atoms with Crippen molar-refractivity contribution in [3.05, 3.63) is 95.1 Å². The largest absolute Gasteiger partial charge is 0.444 e. The highest BCUT2D eigenvalue weighted by Gasteiger charge is 2.46. The lowest BCUT2D eigenvalue weighted by Crippen LogP contribution is -2.39. The summed E-state index contributed by atoms with van der Waals surface area (Å²) in [6.07, 6.45) is -10.00. The minimum Gasteiger partial charge on any atom is -0.444 e. The van der Waals surface area contributed by atoms with Gasteiger partial charge in [-0.1, -0.05) is 54.2 Å². The summed E-state index contributed by atoms with van der Waals surface area (Å²) < 4.78 is 95.2. The number of nitrogens with one attached hydrogen (secondary N) is 1. The lowest BCUT2D eigenvalue weighted by atomic mass is 9.99. The average molecular weight is 611 g/mol. The van der Waals surface area contributed by atoms with Gasteiger partial charge in [0.1, 0.15) is 6.61 Å². The van der Waals surface area contributed by atoms with E-state index in [9.17, 15) is 35.9 Å². The molecule has 1 heterocycles. The third kappa shape index (κ3) is 8.29. The number of halogens is 6. The molecule has 3 aromatic rings. The van der Waals surface area contributed by atoms with Gasteiger partial charge in [-0.25, -0.2) is 4.79 Å². The van der Waals surface area contributed by atoms with Gasteiger partial charge in [-0.2, -0.15) is 26.3 Å². The second-order valence-electron chi connectivity index (χ2n) is 8.99. The molecule has 0 atom stereocenters. The van der Waals surface area contributed by atoms with Crippen LogP contribution in [0.4, 0.5) is 36.8 Å². The maximum Gasteiger partial charge on any atom is 0.418 e. The first-order chi connectivity index (χ1) is 19.9. The van der Waals surface area contributed by atoms with Crippen LogP contribution < -0.4 is 5.32 Å². The van der Waals surface area contributed by atoms with Crippen molar-refractivity contribution in [3.63, 3.8) is 0 Å². The van der Waals surface area contributed by atoms with Crippen molar-refractivity contribution >= 4 is 35.5 Å². The summed E-state index contributed by atoms with van der Waals surface area (Å²) in [6, 6.07) is 16.3. The van der Waals surface area contributed by atoms with Gasteiger partial charge in [0.25, 0.3) is 0 Å². The smallest absolute Gasteiger partial charge is 0.418 e. The molecule has 0 aliphatic carbocycles. The number of alkyl halides is 6. The summed E-state index contributed by atoms with van der Waals surface area (Å²) in [4.78, 5) is 25.3. The highest BCUT2D eigenvalue weighted by molar-refractivity contribution is 7.99. The summed E-state index contributed by atoms with van der Waals surface area (Å²) >= 11 is 0.453. The minimum atomic E-state index is -5.38. The molecule has 1 N–H and O–H groups in total. The molecule has 2 amide bonds. The van der Waals surface area contributed by atoms with E-state index in [1.807, 2.05) is 0 Å². The highest BCUT2D eigenvalue weighted by Crippen LogP contribution is 2.48. The molecule has 1 fully saturated rings. The Labute approximate surface area is 241 Å². The fraction of sp³-hybridized carbons (Fsp3) is 0.241. The average Bonchev–Trinajstić information content (AvgIpc) is 2.95. The van der Waals surface area contributed by atoms with Crippen molar-refractivity contribution in [1.29, 1.82) is 0 Å². The van der Waals surface area contributed by atoms with Crippen molar-refractivity contribution in [2.45, 2.75) is 28.8 Å². The van der Waals surface area contributed by atoms with Crippen molar-refractivity contribution in [3.8, 4) is 0 Å². The number of carbonyl (C=O) groups is 2. The van der Waals surface area contributed by atoms with E-state index in [1.54, 1.807) is 30.3 Å². The van der Waals surface area contributed by atoms with Crippen molar-refractivity contribution in [1.82, 2.24) is 4.90 Å². The van der Waals surface area contributed by atoms with Crippen molar-refractivity contribution in [2.24, 2.45) is 0 Å². The topological polar surface area (TPSA) is 67.9 Å². The van der Waals surface area contributed by atoms with Gasteiger partial charge >= 0.3 is 18.4 Å². The van der Waals surface area contributed by atoms with E-state index >= 15 is 0 Å². The number of carbonyl (C=O) groups excluding carboxylic acids is 2. The Bertz CT molecular complexity index is 1440. The van der Waals surface area contributed by atoms with Crippen molar-refractivity contribution in [2.75, 3.05) is 31.6 Å². The summed E-state index contributed by atoms with van der Waals surface area (Å²) in [5.41, 5.74) is -3.66. The van der Waals surface area contributed by atoms with E-state index in [0.29, 0.717) is 11.8 Å². The third-order valence-electron chi connectivity index (χ3n) is 6.02. The molecule has 0 bridgehead atoms. The zero-order valence-corrected chi connectivity index (χ0v) is 22.6. The molecule has 42 heavy (non-hydrogen) atoms. The fourth-order valence-electron chi connectivity index (χ4n) is 4.10. The fourth-order valence-corrected chi connectivity index (χ4v) is 5.14.